The molecule has 41 heavy (non-hydrogen) atoms. The third-order valence-electron chi connectivity index (χ3n) is 7.19. The average Bonchev–Trinajstić information content (AvgIpc) is 3.32. The van der Waals surface area contributed by atoms with Crippen LogP contribution in [0, 0.1) is 6.92 Å². The SMILES string of the molecule is CCCc1c(C(CCCC(=O)Oc2ccc(C)cc2)c2ccc(OCCNCCOC)cc2)[nH]c2ccc(Cl)cc12. The van der Waals surface area contributed by atoms with Crippen molar-refractivity contribution >= 4 is 28.5 Å². The lowest BCUT2D eigenvalue weighted by Crippen LogP contribution is -2.24. The molecule has 0 radical (unpaired) electrons. The van der Waals surface area contributed by atoms with Gasteiger partial charge >= 0.3 is 5.97 Å². The number of hydrogen-bond donors (Lipinski definition) is 2. The number of H-pyrrole nitrogens is 1. The second kappa shape index (κ2) is 15.6. The number of ether oxygens (including phenoxy) is 3. The second-order valence-electron chi connectivity index (χ2n) is 10.3. The van der Waals surface area contributed by atoms with Gasteiger partial charge in [-0.1, -0.05) is 54.8 Å². The van der Waals surface area contributed by atoms with Crippen molar-refractivity contribution in [3.05, 3.63) is 94.1 Å². The number of fused-ring (bicyclic) bond motifs is 1. The van der Waals surface area contributed by atoms with E-state index in [4.69, 9.17) is 25.8 Å². The zero-order valence-corrected chi connectivity index (χ0v) is 25.1. The number of carbonyl (C=O) groups excluding carboxylic acids is 1. The summed E-state index contributed by atoms with van der Waals surface area (Å²) < 4.78 is 16.6. The zero-order valence-electron chi connectivity index (χ0n) is 24.3. The molecule has 0 aliphatic rings. The lowest BCUT2D eigenvalue weighted by atomic mass is 9.87. The van der Waals surface area contributed by atoms with E-state index in [9.17, 15) is 4.79 Å². The van der Waals surface area contributed by atoms with Gasteiger partial charge in [-0.25, -0.2) is 0 Å². The summed E-state index contributed by atoms with van der Waals surface area (Å²) in [5.74, 6) is 1.28. The summed E-state index contributed by atoms with van der Waals surface area (Å²) in [5, 5.41) is 5.19. The Bertz CT molecular complexity index is 1380. The molecule has 2 N–H and O–H groups in total. The Morgan fingerprint density at radius 1 is 0.976 bits per heavy atom. The fourth-order valence-corrected chi connectivity index (χ4v) is 5.28. The smallest absolute Gasteiger partial charge is 0.311 e. The summed E-state index contributed by atoms with van der Waals surface area (Å²) in [6.45, 7) is 7.02. The number of methoxy groups -OCH3 is 1. The lowest BCUT2D eigenvalue weighted by Gasteiger charge is -2.19. The van der Waals surface area contributed by atoms with Crippen LogP contribution < -0.4 is 14.8 Å². The summed E-state index contributed by atoms with van der Waals surface area (Å²) in [5.41, 5.74) is 5.87. The molecule has 1 unspecified atom stereocenters. The third-order valence-corrected chi connectivity index (χ3v) is 7.42. The number of nitrogens with one attached hydrogen (secondary N) is 2. The van der Waals surface area contributed by atoms with E-state index in [0.717, 1.165) is 54.2 Å². The monoisotopic (exact) mass is 576 g/mol. The quantitative estimate of drug-likeness (QED) is 0.0816. The molecule has 0 amide bonds. The predicted molar refractivity (Wildman–Crippen MR) is 166 cm³/mol. The Hall–Kier alpha value is -3.32. The fraction of sp³-hybridized carbons (Fsp3) is 0.382. The van der Waals surface area contributed by atoms with Crippen LogP contribution in [0.1, 0.15) is 60.9 Å². The fourth-order valence-electron chi connectivity index (χ4n) is 5.11. The number of benzene rings is 3. The van der Waals surface area contributed by atoms with Gasteiger partial charge < -0.3 is 24.5 Å². The molecule has 4 aromatic rings. The Kier molecular flexibility index (Phi) is 11.7. The molecule has 0 spiro atoms. The molecular formula is C34H41ClN2O4. The molecule has 218 valence electrons. The summed E-state index contributed by atoms with van der Waals surface area (Å²) in [4.78, 5) is 16.4. The predicted octanol–water partition coefficient (Wildman–Crippen LogP) is 7.60. The minimum absolute atomic E-state index is 0.0830. The van der Waals surface area contributed by atoms with Gasteiger partial charge in [0.15, 0.2) is 0 Å². The number of esters is 1. The van der Waals surface area contributed by atoms with Crippen LogP contribution in [0.25, 0.3) is 10.9 Å². The van der Waals surface area contributed by atoms with Crippen LogP contribution in [-0.2, 0) is 16.0 Å². The van der Waals surface area contributed by atoms with Crippen LogP contribution in [-0.4, -0.2) is 44.4 Å². The van der Waals surface area contributed by atoms with Gasteiger partial charge in [-0.3, -0.25) is 4.79 Å². The van der Waals surface area contributed by atoms with E-state index in [1.165, 1.54) is 22.2 Å². The lowest BCUT2D eigenvalue weighted by molar-refractivity contribution is -0.134. The van der Waals surface area contributed by atoms with E-state index < -0.39 is 0 Å². The van der Waals surface area contributed by atoms with Crippen molar-refractivity contribution < 1.29 is 19.0 Å². The van der Waals surface area contributed by atoms with Crippen molar-refractivity contribution in [2.75, 3.05) is 33.4 Å². The van der Waals surface area contributed by atoms with Crippen LogP contribution >= 0.6 is 11.6 Å². The van der Waals surface area contributed by atoms with Crippen molar-refractivity contribution in [3.63, 3.8) is 0 Å². The molecule has 0 saturated carbocycles. The van der Waals surface area contributed by atoms with E-state index in [-0.39, 0.29) is 11.9 Å². The van der Waals surface area contributed by atoms with Gasteiger partial charge in [-0.15, -0.1) is 0 Å². The second-order valence-corrected chi connectivity index (χ2v) is 10.8. The highest BCUT2D eigenvalue weighted by Gasteiger charge is 2.22. The minimum atomic E-state index is -0.215. The molecule has 0 saturated heterocycles. The topological polar surface area (TPSA) is 72.6 Å². The first-order valence-corrected chi connectivity index (χ1v) is 14.9. The third kappa shape index (κ3) is 8.83. The molecule has 4 rings (SSSR count). The Balaban J connectivity index is 1.51. The maximum absolute atomic E-state index is 12.7. The molecule has 3 aromatic carbocycles. The molecule has 1 atom stereocenters. The average molecular weight is 577 g/mol. The van der Waals surface area contributed by atoms with Crippen molar-refractivity contribution in [2.24, 2.45) is 0 Å². The molecule has 1 aromatic heterocycles. The van der Waals surface area contributed by atoms with E-state index in [0.29, 0.717) is 31.8 Å². The van der Waals surface area contributed by atoms with Crippen molar-refractivity contribution in [1.82, 2.24) is 10.3 Å². The molecule has 0 bridgehead atoms. The maximum Gasteiger partial charge on any atom is 0.311 e. The van der Waals surface area contributed by atoms with Crippen molar-refractivity contribution in [3.8, 4) is 11.5 Å². The molecule has 7 heteroatoms. The first-order valence-electron chi connectivity index (χ1n) is 14.5. The van der Waals surface area contributed by atoms with E-state index >= 15 is 0 Å². The van der Waals surface area contributed by atoms with Crippen molar-refractivity contribution in [2.45, 2.75) is 51.9 Å². The molecular weight excluding hydrogens is 536 g/mol. The van der Waals surface area contributed by atoms with Gasteiger partial charge in [0.1, 0.15) is 18.1 Å². The summed E-state index contributed by atoms with van der Waals surface area (Å²) in [6.07, 6.45) is 3.80. The highest BCUT2D eigenvalue weighted by molar-refractivity contribution is 6.31. The van der Waals surface area contributed by atoms with Crippen LogP contribution in [0.4, 0.5) is 0 Å². The van der Waals surface area contributed by atoms with Crippen LogP contribution in [0.2, 0.25) is 5.02 Å². The largest absolute Gasteiger partial charge is 0.492 e. The number of aromatic amines is 1. The molecule has 0 fully saturated rings. The number of rotatable bonds is 16. The van der Waals surface area contributed by atoms with Gasteiger partial charge in [0.25, 0.3) is 0 Å². The number of aromatic nitrogens is 1. The molecule has 0 aliphatic carbocycles. The standard InChI is InChI=1S/C34H41ClN2O4/c1-4-6-30-31-23-26(35)13-18-32(31)37-34(30)29(7-5-8-33(38)41-28-14-9-24(2)10-15-28)25-11-16-27(17-12-25)40-22-20-36-19-21-39-3/h9-18,23,29,36-37H,4-8,19-22H2,1-3H3. The number of aryl methyl sites for hydroxylation is 2. The van der Waals surface area contributed by atoms with Crippen LogP contribution in [0.5, 0.6) is 11.5 Å². The summed E-state index contributed by atoms with van der Waals surface area (Å²) >= 11 is 6.39. The Morgan fingerprint density at radius 2 is 1.71 bits per heavy atom. The summed E-state index contributed by atoms with van der Waals surface area (Å²) in [6, 6.07) is 21.9. The normalized spacial score (nSPS) is 12.0. The highest BCUT2D eigenvalue weighted by atomic mass is 35.5. The summed E-state index contributed by atoms with van der Waals surface area (Å²) in [7, 11) is 1.69. The van der Waals surface area contributed by atoms with Crippen LogP contribution in [0.15, 0.2) is 66.7 Å². The van der Waals surface area contributed by atoms with Crippen molar-refractivity contribution in [1.29, 1.82) is 0 Å². The number of hydrogen-bond acceptors (Lipinski definition) is 5. The maximum atomic E-state index is 12.7. The zero-order chi connectivity index (χ0) is 29.0. The van der Waals surface area contributed by atoms with Gasteiger partial charge in [0.2, 0.25) is 0 Å². The molecule has 0 aliphatic heterocycles. The first kappa shape index (κ1) is 30.6. The number of halogens is 1. The first-order chi connectivity index (χ1) is 20.0. The highest BCUT2D eigenvalue weighted by Crippen LogP contribution is 2.37. The van der Waals surface area contributed by atoms with E-state index in [1.54, 1.807) is 7.11 Å². The molecule has 1 heterocycles. The Labute approximate surface area is 248 Å². The van der Waals surface area contributed by atoms with E-state index in [1.807, 2.05) is 55.5 Å². The Morgan fingerprint density at radius 3 is 2.44 bits per heavy atom. The van der Waals surface area contributed by atoms with E-state index in [2.05, 4.69) is 35.4 Å². The van der Waals surface area contributed by atoms with Gasteiger partial charge in [0, 0.05) is 54.2 Å². The number of carbonyl (C=O) groups is 1. The van der Waals surface area contributed by atoms with Gasteiger partial charge in [0.05, 0.1) is 6.61 Å². The molecule has 6 nitrogen and oxygen atoms in total. The van der Waals surface area contributed by atoms with Crippen LogP contribution in [0.3, 0.4) is 0 Å². The van der Waals surface area contributed by atoms with Gasteiger partial charge in [-0.2, -0.15) is 0 Å². The van der Waals surface area contributed by atoms with Gasteiger partial charge in [-0.05, 0) is 79.8 Å². The minimum Gasteiger partial charge on any atom is -0.492 e.